The number of nitrogens with zero attached hydrogens (tertiary/aromatic N) is 2. The smallest absolute Gasteiger partial charge is 0.0890 e. The van der Waals surface area contributed by atoms with Crippen LogP contribution in [-0.4, -0.2) is 9.13 Å². The SMILES string of the molecule is c1ccc2c(c1)c1ccccc1n2-c1ccc2sc3sc4ccc(-n5c6ccccc6c6ccccc65)cc4c3c2c1. The Hall–Kier alpha value is -4.90. The van der Waals surface area contributed by atoms with Crippen molar-refractivity contribution in [2.45, 2.75) is 0 Å². The van der Waals surface area contributed by atoms with E-state index < -0.39 is 0 Å². The van der Waals surface area contributed by atoms with Crippen molar-refractivity contribution in [3.8, 4) is 11.4 Å². The van der Waals surface area contributed by atoms with Crippen molar-refractivity contribution in [2.75, 3.05) is 0 Å². The summed E-state index contributed by atoms with van der Waals surface area (Å²) in [5, 5.41) is 9.21. The van der Waals surface area contributed by atoms with Gasteiger partial charge < -0.3 is 9.13 Å². The second kappa shape index (κ2) is 8.32. The average molecular weight is 571 g/mol. The summed E-state index contributed by atoms with van der Waals surface area (Å²) in [6, 6.07) is 49.0. The van der Waals surface area contributed by atoms with Gasteiger partial charge in [-0.05, 0) is 60.7 Å². The number of benzene rings is 6. The zero-order chi connectivity index (χ0) is 27.4. The summed E-state index contributed by atoms with van der Waals surface area (Å²) in [7, 11) is 0. The second-order valence-electron chi connectivity index (χ2n) is 11.0. The van der Waals surface area contributed by atoms with E-state index in [2.05, 4.69) is 143 Å². The summed E-state index contributed by atoms with van der Waals surface area (Å²) in [6.07, 6.45) is 0. The zero-order valence-corrected chi connectivity index (χ0v) is 24.0. The van der Waals surface area contributed by atoms with E-state index in [9.17, 15) is 0 Å². The predicted molar refractivity (Wildman–Crippen MR) is 183 cm³/mol. The van der Waals surface area contributed by atoms with Crippen molar-refractivity contribution in [3.63, 3.8) is 0 Å². The summed E-state index contributed by atoms with van der Waals surface area (Å²) in [6.45, 7) is 0. The van der Waals surface area contributed by atoms with E-state index in [0.717, 1.165) is 0 Å². The van der Waals surface area contributed by atoms with Crippen LogP contribution in [0.2, 0.25) is 0 Å². The van der Waals surface area contributed by atoms with E-state index in [1.165, 1.54) is 84.6 Å². The third-order valence-corrected chi connectivity index (χ3v) is 11.2. The molecule has 0 radical (unpaired) electrons. The third kappa shape index (κ3) is 2.98. The van der Waals surface area contributed by atoms with Crippen LogP contribution in [0.15, 0.2) is 133 Å². The first-order valence-corrected chi connectivity index (χ1v) is 15.8. The van der Waals surface area contributed by atoms with E-state index in [4.69, 9.17) is 0 Å². The van der Waals surface area contributed by atoms with Crippen molar-refractivity contribution in [3.05, 3.63) is 133 Å². The molecule has 4 aromatic heterocycles. The summed E-state index contributed by atoms with van der Waals surface area (Å²) in [5.41, 5.74) is 7.39. The third-order valence-electron chi connectivity index (χ3n) is 8.75. The molecule has 6 aromatic carbocycles. The molecule has 0 saturated carbocycles. The molecule has 0 atom stereocenters. The number of hydrogen-bond acceptors (Lipinski definition) is 2. The number of fused-ring (bicyclic) bond motifs is 11. The summed E-state index contributed by atoms with van der Waals surface area (Å²) >= 11 is 3.82. The number of para-hydroxylation sites is 4. The van der Waals surface area contributed by atoms with Gasteiger partial charge in [0, 0.05) is 58.5 Å². The van der Waals surface area contributed by atoms with Crippen molar-refractivity contribution in [1.82, 2.24) is 9.13 Å². The normalized spacial score (nSPS) is 12.3. The quantitative estimate of drug-likeness (QED) is 0.196. The molecule has 10 aromatic rings. The minimum Gasteiger partial charge on any atom is -0.309 e. The minimum atomic E-state index is 1.21. The first-order valence-electron chi connectivity index (χ1n) is 14.2. The van der Waals surface area contributed by atoms with Gasteiger partial charge in [-0.15, -0.1) is 22.7 Å². The molecule has 0 fully saturated rings. The van der Waals surface area contributed by atoms with Crippen LogP contribution in [0.1, 0.15) is 0 Å². The molecule has 4 heteroatoms. The highest BCUT2D eigenvalue weighted by molar-refractivity contribution is 7.44. The molecule has 0 amide bonds. The van der Waals surface area contributed by atoms with Crippen LogP contribution in [0.4, 0.5) is 0 Å². The number of aromatic nitrogens is 2. The average Bonchev–Trinajstić information content (AvgIpc) is 3.77. The summed E-state index contributed by atoms with van der Waals surface area (Å²) in [4.78, 5) is 0. The fraction of sp³-hybridized carbons (Fsp3) is 0. The first-order chi connectivity index (χ1) is 20.8. The van der Waals surface area contributed by atoms with Crippen LogP contribution in [0, 0.1) is 0 Å². The van der Waals surface area contributed by atoms with Gasteiger partial charge in [0.25, 0.3) is 0 Å². The van der Waals surface area contributed by atoms with E-state index >= 15 is 0 Å². The molecule has 0 aliphatic carbocycles. The van der Waals surface area contributed by atoms with E-state index in [1.54, 1.807) is 0 Å². The van der Waals surface area contributed by atoms with E-state index in [-0.39, 0.29) is 0 Å². The molecule has 0 unspecified atom stereocenters. The molecule has 0 aliphatic rings. The largest absolute Gasteiger partial charge is 0.309 e. The topological polar surface area (TPSA) is 9.86 Å². The molecule has 2 nitrogen and oxygen atoms in total. The lowest BCUT2D eigenvalue weighted by molar-refractivity contribution is 1.19. The predicted octanol–water partition coefficient (Wildman–Crippen LogP) is 11.5. The highest BCUT2D eigenvalue weighted by Gasteiger charge is 2.18. The van der Waals surface area contributed by atoms with E-state index in [0.29, 0.717) is 0 Å². The van der Waals surface area contributed by atoms with Gasteiger partial charge in [-0.1, -0.05) is 72.8 Å². The van der Waals surface area contributed by atoms with Crippen LogP contribution in [0.25, 0.3) is 84.6 Å². The maximum absolute atomic E-state index is 2.42. The van der Waals surface area contributed by atoms with Crippen LogP contribution in [-0.2, 0) is 0 Å². The van der Waals surface area contributed by atoms with Gasteiger partial charge in [0.05, 0.1) is 26.1 Å². The maximum atomic E-state index is 2.42. The fourth-order valence-electron chi connectivity index (χ4n) is 6.97. The van der Waals surface area contributed by atoms with Crippen LogP contribution in [0.3, 0.4) is 0 Å². The van der Waals surface area contributed by atoms with Crippen LogP contribution < -0.4 is 0 Å². The second-order valence-corrected chi connectivity index (χ2v) is 13.3. The highest BCUT2D eigenvalue weighted by atomic mass is 32.2. The Labute approximate surface area is 248 Å². The lowest BCUT2D eigenvalue weighted by Gasteiger charge is -2.09. The Morgan fingerprint density at radius 1 is 0.357 bits per heavy atom. The van der Waals surface area contributed by atoms with Gasteiger partial charge in [0.15, 0.2) is 0 Å². The van der Waals surface area contributed by atoms with Crippen LogP contribution >= 0.6 is 22.7 Å². The lowest BCUT2D eigenvalue weighted by atomic mass is 10.1. The molecule has 4 heterocycles. The number of rotatable bonds is 2. The van der Waals surface area contributed by atoms with Crippen LogP contribution in [0.5, 0.6) is 0 Å². The van der Waals surface area contributed by atoms with Crippen molar-refractivity contribution in [1.29, 1.82) is 0 Å². The van der Waals surface area contributed by atoms with Gasteiger partial charge in [0.2, 0.25) is 0 Å². The zero-order valence-electron chi connectivity index (χ0n) is 22.4. The van der Waals surface area contributed by atoms with Gasteiger partial charge in [0.1, 0.15) is 0 Å². The van der Waals surface area contributed by atoms with Gasteiger partial charge in [-0.3, -0.25) is 0 Å². The fourth-order valence-corrected chi connectivity index (χ4v) is 9.53. The Kier molecular flexibility index (Phi) is 4.51. The first kappa shape index (κ1) is 22.8. The number of thiophene rings is 2. The molecule has 0 saturated heterocycles. The summed E-state index contributed by atoms with van der Waals surface area (Å²) < 4.78 is 8.91. The molecule has 0 N–H and O–H groups in total. The Morgan fingerprint density at radius 2 is 0.714 bits per heavy atom. The molecule has 196 valence electrons. The standard InChI is InChI=1S/C38H22N2S2/c1-5-13-31-25(9-1)26-10-2-6-14-32(26)39(31)23-17-19-35-29(21-23)37-30-22-24(18-20-36(30)42-38(37)41-35)40-33-15-7-3-11-27(33)28-12-4-8-16-34(28)40/h1-22H. The molecule has 0 spiro atoms. The Balaban J connectivity index is 1.26. The maximum Gasteiger partial charge on any atom is 0.0890 e. The monoisotopic (exact) mass is 570 g/mol. The molecule has 10 rings (SSSR count). The number of hydrogen-bond donors (Lipinski definition) is 0. The van der Waals surface area contributed by atoms with Gasteiger partial charge in [-0.2, -0.15) is 0 Å². The molecular weight excluding hydrogens is 549 g/mol. The molecule has 0 aliphatic heterocycles. The van der Waals surface area contributed by atoms with E-state index in [1.807, 2.05) is 22.7 Å². The van der Waals surface area contributed by atoms with Crippen molar-refractivity contribution in [2.24, 2.45) is 0 Å². The Bertz CT molecular complexity index is 2410. The van der Waals surface area contributed by atoms with Crippen molar-refractivity contribution < 1.29 is 0 Å². The highest BCUT2D eigenvalue weighted by Crippen LogP contribution is 2.46. The van der Waals surface area contributed by atoms with Gasteiger partial charge in [-0.25, -0.2) is 0 Å². The molecular formula is C38H22N2S2. The molecule has 0 bridgehead atoms. The minimum absolute atomic E-state index is 1.21. The Morgan fingerprint density at radius 3 is 1.10 bits per heavy atom. The van der Waals surface area contributed by atoms with Gasteiger partial charge >= 0.3 is 0 Å². The molecule has 42 heavy (non-hydrogen) atoms. The lowest BCUT2D eigenvalue weighted by Crippen LogP contribution is -1.93. The van der Waals surface area contributed by atoms with Crippen molar-refractivity contribution >= 4 is 95.9 Å². The summed E-state index contributed by atoms with van der Waals surface area (Å²) in [5.74, 6) is 0.